The fraction of sp³-hybridized carbons (Fsp3) is 0.400. The molecule has 4 nitrogen and oxygen atoms in total. The lowest BCUT2D eigenvalue weighted by molar-refractivity contribution is -0.134. The van der Waals surface area contributed by atoms with Crippen molar-refractivity contribution in [3.05, 3.63) is 66.0 Å². The fourth-order valence-corrected chi connectivity index (χ4v) is 3.28. The highest BCUT2D eigenvalue weighted by atomic mass is 16.2. The Labute approximate surface area is 144 Å². The molecule has 2 heterocycles. The van der Waals surface area contributed by atoms with Gasteiger partial charge in [0.25, 0.3) is 0 Å². The zero-order valence-corrected chi connectivity index (χ0v) is 14.3. The maximum Gasteiger partial charge on any atom is 0.222 e. The molecule has 1 atom stereocenters. The summed E-state index contributed by atoms with van der Waals surface area (Å²) in [6, 6.07) is 14.8. The summed E-state index contributed by atoms with van der Waals surface area (Å²) in [6.07, 6.45) is 6.07. The molecule has 1 aliphatic heterocycles. The van der Waals surface area contributed by atoms with Crippen LogP contribution in [0.5, 0.6) is 0 Å². The molecule has 3 rings (SSSR count). The highest BCUT2D eigenvalue weighted by Crippen LogP contribution is 2.24. The summed E-state index contributed by atoms with van der Waals surface area (Å²) in [7, 11) is 2.14. The van der Waals surface area contributed by atoms with E-state index in [1.165, 1.54) is 11.1 Å². The van der Waals surface area contributed by atoms with Crippen molar-refractivity contribution < 1.29 is 4.79 Å². The van der Waals surface area contributed by atoms with Crippen molar-refractivity contribution in [2.24, 2.45) is 0 Å². The molecule has 24 heavy (non-hydrogen) atoms. The minimum absolute atomic E-state index is 0.271. The van der Waals surface area contributed by atoms with Crippen LogP contribution in [0.4, 0.5) is 0 Å². The van der Waals surface area contributed by atoms with Gasteiger partial charge in [-0.15, -0.1) is 0 Å². The Balaban J connectivity index is 1.53. The van der Waals surface area contributed by atoms with Gasteiger partial charge in [0.1, 0.15) is 0 Å². The van der Waals surface area contributed by atoms with Gasteiger partial charge in [-0.3, -0.25) is 14.7 Å². The van der Waals surface area contributed by atoms with Crippen molar-refractivity contribution in [3.63, 3.8) is 0 Å². The summed E-state index contributed by atoms with van der Waals surface area (Å²) in [6.45, 7) is 2.53. The molecule has 1 unspecified atom stereocenters. The molecule has 2 aromatic rings. The molecule has 126 valence electrons. The second-order valence-electron chi connectivity index (χ2n) is 6.46. The van der Waals surface area contributed by atoms with Crippen LogP contribution in [-0.2, 0) is 11.2 Å². The quantitative estimate of drug-likeness (QED) is 0.849. The van der Waals surface area contributed by atoms with Gasteiger partial charge >= 0.3 is 0 Å². The minimum atomic E-state index is 0.271. The number of hydrogen-bond acceptors (Lipinski definition) is 3. The Morgan fingerprint density at radius 3 is 2.75 bits per heavy atom. The maximum atomic E-state index is 12.6. The largest absolute Gasteiger partial charge is 0.339 e. The van der Waals surface area contributed by atoms with Crippen LogP contribution in [0.2, 0.25) is 0 Å². The molecular weight excluding hydrogens is 298 g/mol. The molecule has 4 heteroatoms. The van der Waals surface area contributed by atoms with Crippen molar-refractivity contribution in [2.75, 3.05) is 26.7 Å². The molecule has 1 aromatic carbocycles. The maximum absolute atomic E-state index is 12.6. The lowest BCUT2D eigenvalue weighted by Gasteiger charge is -2.39. The summed E-state index contributed by atoms with van der Waals surface area (Å²) in [5, 5.41) is 0. The number of hydrogen-bond donors (Lipinski definition) is 0. The molecule has 1 fully saturated rings. The van der Waals surface area contributed by atoms with E-state index in [2.05, 4.69) is 47.3 Å². The number of pyridine rings is 1. The van der Waals surface area contributed by atoms with Gasteiger partial charge in [0.2, 0.25) is 5.91 Å². The summed E-state index contributed by atoms with van der Waals surface area (Å²) in [4.78, 5) is 21.1. The number of carbonyl (C=O) groups excluding carboxylic acids is 1. The minimum Gasteiger partial charge on any atom is -0.339 e. The third kappa shape index (κ3) is 4.20. The van der Waals surface area contributed by atoms with Crippen LogP contribution >= 0.6 is 0 Å². The van der Waals surface area contributed by atoms with E-state index < -0.39 is 0 Å². The number of nitrogens with zero attached hydrogens (tertiary/aromatic N) is 3. The second-order valence-corrected chi connectivity index (χ2v) is 6.46. The Bertz CT molecular complexity index is 644. The Morgan fingerprint density at radius 1 is 1.17 bits per heavy atom. The second kappa shape index (κ2) is 8.06. The highest BCUT2D eigenvalue weighted by molar-refractivity contribution is 5.76. The van der Waals surface area contributed by atoms with E-state index in [0.717, 1.165) is 32.5 Å². The summed E-state index contributed by atoms with van der Waals surface area (Å²) in [5.41, 5.74) is 2.48. The van der Waals surface area contributed by atoms with Crippen LogP contribution in [0.15, 0.2) is 54.9 Å². The van der Waals surface area contributed by atoms with Crippen molar-refractivity contribution in [3.8, 4) is 0 Å². The van der Waals surface area contributed by atoms with Gasteiger partial charge in [-0.1, -0.05) is 36.4 Å². The average Bonchev–Trinajstić information content (AvgIpc) is 2.63. The van der Waals surface area contributed by atoms with E-state index >= 15 is 0 Å². The molecule has 0 radical (unpaired) electrons. The van der Waals surface area contributed by atoms with Gasteiger partial charge in [0.05, 0.1) is 6.04 Å². The number of aromatic nitrogens is 1. The van der Waals surface area contributed by atoms with Gasteiger partial charge in [0.15, 0.2) is 0 Å². The van der Waals surface area contributed by atoms with E-state index in [-0.39, 0.29) is 5.91 Å². The SMILES string of the molecule is CN1CCN(C(=O)CCCc2cccnc2)CC1c1ccccc1. The summed E-state index contributed by atoms with van der Waals surface area (Å²) in [5.74, 6) is 0.271. The molecule has 0 bridgehead atoms. The normalized spacial score (nSPS) is 18.5. The smallest absolute Gasteiger partial charge is 0.222 e. The monoisotopic (exact) mass is 323 g/mol. The van der Waals surface area contributed by atoms with Crippen molar-refractivity contribution >= 4 is 5.91 Å². The van der Waals surface area contributed by atoms with Gasteiger partial charge in [-0.05, 0) is 37.1 Å². The molecule has 0 aliphatic carbocycles. The van der Waals surface area contributed by atoms with E-state index in [9.17, 15) is 4.79 Å². The molecule has 1 aromatic heterocycles. The number of aryl methyl sites for hydroxylation is 1. The number of likely N-dealkylation sites (N-methyl/N-ethyl adjacent to an activating group) is 1. The van der Waals surface area contributed by atoms with Crippen LogP contribution in [0.3, 0.4) is 0 Å². The summed E-state index contributed by atoms with van der Waals surface area (Å²) >= 11 is 0. The molecule has 0 spiro atoms. The first-order chi connectivity index (χ1) is 11.7. The Morgan fingerprint density at radius 2 is 2.00 bits per heavy atom. The standard InChI is InChI=1S/C20H25N3O/c1-22-13-14-23(16-19(22)18-9-3-2-4-10-18)20(24)11-5-7-17-8-6-12-21-15-17/h2-4,6,8-10,12,15,19H,5,7,11,13-14,16H2,1H3. The predicted octanol–water partition coefficient (Wildman–Crippen LogP) is 2.92. The lowest BCUT2D eigenvalue weighted by atomic mass is 10.0. The van der Waals surface area contributed by atoms with Gasteiger partial charge < -0.3 is 4.90 Å². The van der Waals surface area contributed by atoms with Crippen LogP contribution in [-0.4, -0.2) is 47.4 Å². The Kier molecular flexibility index (Phi) is 5.59. The number of piperazine rings is 1. The van der Waals surface area contributed by atoms with Crippen molar-refractivity contribution in [2.45, 2.75) is 25.3 Å². The van der Waals surface area contributed by atoms with Crippen LogP contribution in [0, 0.1) is 0 Å². The first-order valence-corrected chi connectivity index (χ1v) is 8.66. The van der Waals surface area contributed by atoms with Crippen LogP contribution in [0.1, 0.15) is 30.0 Å². The third-order valence-electron chi connectivity index (χ3n) is 4.76. The first-order valence-electron chi connectivity index (χ1n) is 8.66. The number of rotatable bonds is 5. The molecule has 1 aliphatic rings. The van der Waals surface area contributed by atoms with Crippen LogP contribution < -0.4 is 0 Å². The number of benzene rings is 1. The van der Waals surface area contributed by atoms with Crippen molar-refractivity contribution in [1.82, 2.24) is 14.8 Å². The predicted molar refractivity (Wildman–Crippen MR) is 95.6 cm³/mol. The average molecular weight is 323 g/mol. The zero-order chi connectivity index (χ0) is 16.8. The third-order valence-corrected chi connectivity index (χ3v) is 4.76. The first kappa shape index (κ1) is 16.7. The zero-order valence-electron chi connectivity index (χ0n) is 14.3. The van der Waals surface area contributed by atoms with E-state index in [1.54, 1.807) is 6.20 Å². The van der Waals surface area contributed by atoms with E-state index in [1.807, 2.05) is 23.2 Å². The molecular formula is C20H25N3O. The van der Waals surface area contributed by atoms with Gasteiger partial charge in [0, 0.05) is 38.4 Å². The molecule has 0 N–H and O–H groups in total. The number of carbonyl (C=O) groups is 1. The molecule has 1 amide bonds. The van der Waals surface area contributed by atoms with E-state index in [4.69, 9.17) is 0 Å². The Hall–Kier alpha value is -2.20. The van der Waals surface area contributed by atoms with E-state index in [0.29, 0.717) is 12.5 Å². The van der Waals surface area contributed by atoms with Crippen LogP contribution in [0.25, 0.3) is 0 Å². The van der Waals surface area contributed by atoms with Gasteiger partial charge in [-0.25, -0.2) is 0 Å². The molecule has 0 saturated carbocycles. The highest BCUT2D eigenvalue weighted by Gasteiger charge is 2.27. The van der Waals surface area contributed by atoms with Crippen molar-refractivity contribution in [1.29, 1.82) is 0 Å². The summed E-state index contributed by atoms with van der Waals surface area (Å²) < 4.78 is 0. The van der Waals surface area contributed by atoms with Gasteiger partial charge in [-0.2, -0.15) is 0 Å². The topological polar surface area (TPSA) is 36.4 Å². The molecule has 1 saturated heterocycles. The number of amides is 1. The fourth-order valence-electron chi connectivity index (χ4n) is 3.28. The lowest BCUT2D eigenvalue weighted by Crippen LogP contribution is -2.48.